The average Bonchev–Trinajstić information content (AvgIpc) is 2.70. The molecular weight excluding hydrogens is 344 g/mol. The third kappa shape index (κ3) is 3.90. The predicted molar refractivity (Wildman–Crippen MR) is 117 cm³/mol. The summed E-state index contributed by atoms with van der Waals surface area (Å²) in [7, 11) is 0. The molecule has 0 saturated heterocycles. The first kappa shape index (κ1) is 18.6. The number of hydrogen-bond donors (Lipinski definition) is 2. The number of nitrogens with one attached hydrogen (secondary N) is 1. The molecule has 28 heavy (non-hydrogen) atoms. The molecule has 0 spiro atoms. The summed E-state index contributed by atoms with van der Waals surface area (Å²) in [5, 5.41) is 13.9. The minimum absolute atomic E-state index is 0.237. The first-order chi connectivity index (χ1) is 13.6. The third-order valence-electron chi connectivity index (χ3n) is 5.59. The van der Waals surface area contributed by atoms with Gasteiger partial charge in [-0.3, -0.25) is 0 Å². The van der Waals surface area contributed by atoms with Crippen molar-refractivity contribution >= 4 is 11.4 Å². The Morgan fingerprint density at radius 1 is 0.929 bits per heavy atom. The van der Waals surface area contributed by atoms with E-state index < -0.39 is 6.23 Å². The highest BCUT2D eigenvalue weighted by Gasteiger charge is 2.31. The lowest BCUT2D eigenvalue weighted by Gasteiger charge is -2.42. The zero-order chi connectivity index (χ0) is 19.5. The zero-order valence-corrected chi connectivity index (χ0v) is 16.5. The van der Waals surface area contributed by atoms with Crippen LogP contribution in [0.15, 0.2) is 78.9 Å². The van der Waals surface area contributed by atoms with Gasteiger partial charge in [0.2, 0.25) is 0 Å². The fraction of sp³-hybridized carbons (Fsp3) is 0.280. The normalized spacial score (nSPS) is 19.8. The van der Waals surface area contributed by atoms with Crippen molar-refractivity contribution in [3.05, 3.63) is 95.6 Å². The van der Waals surface area contributed by atoms with Gasteiger partial charge >= 0.3 is 0 Å². The summed E-state index contributed by atoms with van der Waals surface area (Å²) in [6.45, 7) is 4.02. The van der Waals surface area contributed by atoms with Crippen LogP contribution in [0.25, 0.3) is 0 Å². The van der Waals surface area contributed by atoms with Gasteiger partial charge in [-0.05, 0) is 61.6 Å². The van der Waals surface area contributed by atoms with E-state index in [9.17, 15) is 5.11 Å². The lowest BCUT2D eigenvalue weighted by Crippen LogP contribution is -2.45. The van der Waals surface area contributed by atoms with E-state index >= 15 is 0 Å². The molecular formula is C25H28N2O. The highest BCUT2D eigenvalue weighted by molar-refractivity contribution is 5.61. The molecule has 0 aromatic heterocycles. The maximum absolute atomic E-state index is 10.2. The standard InChI is InChI=1S/C25H28N2O/c1-18-16-24(23-10-6-7-11-25(23)27(18)19(2)28)26-22-14-12-21(13-15-22)17-20-8-4-3-5-9-20/h3-15,18-19,24,26,28H,16-17H2,1-2H3. The van der Waals surface area contributed by atoms with Gasteiger partial charge in [0.25, 0.3) is 0 Å². The Bertz CT molecular complexity index is 905. The fourth-order valence-corrected chi connectivity index (χ4v) is 4.29. The van der Waals surface area contributed by atoms with E-state index in [1.165, 1.54) is 16.7 Å². The van der Waals surface area contributed by atoms with E-state index in [4.69, 9.17) is 0 Å². The van der Waals surface area contributed by atoms with Crippen LogP contribution >= 0.6 is 0 Å². The minimum Gasteiger partial charge on any atom is -0.378 e. The molecule has 3 nitrogen and oxygen atoms in total. The molecule has 0 aliphatic carbocycles. The van der Waals surface area contributed by atoms with Crippen molar-refractivity contribution in [2.75, 3.05) is 10.2 Å². The topological polar surface area (TPSA) is 35.5 Å². The average molecular weight is 373 g/mol. The largest absolute Gasteiger partial charge is 0.378 e. The third-order valence-corrected chi connectivity index (χ3v) is 5.59. The zero-order valence-electron chi connectivity index (χ0n) is 16.5. The van der Waals surface area contributed by atoms with E-state index in [2.05, 4.69) is 89.9 Å². The molecule has 0 bridgehead atoms. The first-order valence-electron chi connectivity index (χ1n) is 10.1. The highest BCUT2D eigenvalue weighted by atomic mass is 16.3. The van der Waals surface area contributed by atoms with Gasteiger partial charge in [-0.25, -0.2) is 0 Å². The van der Waals surface area contributed by atoms with Gasteiger partial charge in [0.05, 0.1) is 6.04 Å². The van der Waals surface area contributed by atoms with E-state index in [1.54, 1.807) is 0 Å². The molecule has 3 unspecified atom stereocenters. The van der Waals surface area contributed by atoms with Gasteiger partial charge in [0.1, 0.15) is 6.23 Å². The molecule has 2 N–H and O–H groups in total. The Labute approximate surface area is 167 Å². The molecule has 0 saturated carbocycles. The Morgan fingerprint density at radius 3 is 2.29 bits per heavy atom. The summed E-state index contributed by atoms with van der Waals surface area (Å²) in [4.78, 5) is 2.11. The van der Waals surface area contributed by atoms with Gasteiger partial charge in [-0.2, -0.15) is 0 Å². The van der Waals surface area contributed by atoms with E-state index in [0.29, 0.717) is 0 Å². The number of fused-ring (bicyclic) bond motifs is 1. The van der Waals surface area contributed by atoms with Crippen LogP contribution in [-0.2, 0) is 6.42 Å². The molecule has 3 atom stereocenters. The van der Waals surface area contributed by atoms with Crippen molar-refractivity contribution in [2.45, 2.75) is 45.0 Å². The van der Waals surface area contributed by atoms with E-state index in [1.807, 2.05) is 13.0 Å². The summed E-state index contributed by atoms with van der Waals surface area (Å²) >= 11 is 0. The molecule has 0 amide bonds. The molecule has 1 aliphatic heterocycles. The first-order valence-corrected chi connectivity index (χ1v) is 10.1. The number of anilines is 2. The second kappa shape index (κ2) is 8.07. The molecule has 0 radical (unpaired) electrons. The van der Waals surface area contributed by atoms with E-state index in [-0.39, 0.29) is 12.1 Å². The summed E-state index contributed by atoms with van der Waals surface area (Å²) in [5.41, 5.74) is 6.14. The maximum atomic E-state index is 10.2. The van der Waals surface area contributed by atoms with Gasteiger partial charge in [0.15, 0.2) is 0 Å². The van der Waals surface area contributed by atoms with E-state index in [0.717, 1.165) is 24.2 Å². The molecule has 1 aliphatic rings. The van der Waals surface area contributed by atoms with Crippen LogP contribution in [0.2, 0.25) is 0 Å². The number of rotatable bonds is 5. The van der Waals surface area contributed by atoms with Gasteiger partial charge < -0.3 is 15.3 Å². The van der Waals surface area contributed by atoms with Gasteiger partial charge in [-0.1, -0.05) is 60.7 Å². The number of aliphatic hydroxyl groups excluding tert-OH is 1. The lowest BCUT2D eigenvalue weighted by atomic mass is 9.91. The maximum Gasteiger partial charge on any atom is 0.124 e. The van der Waals surface area contributed by atoms with Crippen LogP contribution in [0.4, 0.5) is 11.4 Å². The van der Waals surface area contributed by atoms with Crippen molar-refractivity contribution in [2.24, 2.45) is 0 Å². The Kier molecular flexibility index (Phi) is 5.36. The van der Waals surface area contributed by atoms with Crippen LogP contribution < -0.4 is 10.2 Å². The summed E-state index contributed by atoms with van der Waals surface area (Å²) in [6.07, 6.45) is 1.41. The fourth-order valence-electron chi connectivity index (χ4n) is 4.29. The molecule has 3 heteroatoms. The lowest BCUT2D eigenvalue weighted by molar-refractivity contribution is 0.173. The molecule has 144 valence electrons. The van der Waals surface area contributed by atoms with Crippen molar-refractivity contribution in [3.8, 4) is 0 Å². The van der Waals surface area contributed by atoms with Crippen molar-refractivity contribution < 1.29 is 5.11 Å². The quantitative estimate of drug-likeness (QED) is 0.632. The van der Waals surface area contributed by atoms with Crippen LogP contribution in [0, 0.1) is 0 Å². The van der Waals surface area contributed by atoms with Gasteiger partial charge in [0, 0.05) is 17.4 Å². The van der Waals surface area contributed by atoms with Crippen LogP contribution in [0.1, 0.15) is 43.0 Å². The molecule has 3 aromatic rings. The van der Waals surface area contributed by atoms with Crippen molar-refractivity contribution in [1.29, 1.82) is 0 Å². The monoisotopic (exact) mass is 372 g/mol. The SMILES string of the molecule is CC(O)N1c2ccccc2C(Nc2ccc(Cc3ccccc3)cc2)CC1C. The van der Waals surface area contributed by atoms with Gasteiger partial charge in [-0.15, -0.1) is 0 Å². The summed E-state index contributed by atoms with van der Waals surface area (Å²) in [5.74, 6) is 0. The molecule has 3 aromatic carbocycles. The summed E-state index contributed by atoms with van der Waals surface area (Å²) in [6, 6.07) is 28.2. The molecule has 0 fully saturated rings. The summed E-state index contributed by atoms with van der Waals surface area (Å²) < 4.78 is 0. The second-order valence-electron chi connectivity index (χ2n) is 7.74. The highest BCUT2D eigenvalue weighted by Crippen LogP contribution is 2.39. The molecule has 1 heterocycles. The van der Waals surface area contributed by atoms with Crippen molar-refractivity contribution in [1.82, 2.24) is 0 Å². The van der Waals surface area contributed by atoms with Crippen LogP contribution in [0.3, 0.4) is 0 Å². The number of para-hydroxylation sites is 1. The Morgan fingerprint density at radius 2 is 1.57 bits per heavy atom. The minimum atomic E-state index is -0.491. The van der Waals surface area contributed by atoms with Crippen LogP contribution in [0.5, 0.6) is 0 Å². The number of hydrogen-bond acceptors (Lipinski definition) is 3. The Hall–Kier alpha value is -2.78. The van der Waals surface area contributed by atoms with Crippen LogP contribution in [-0.4, -0.2) is 17.4 Å². The van der Waals surface area contributed by atoms with Crippen molar-refractivity contribution in [3.63, 3.8) is 0 Å². The smallest absolute Gasteiger partial charge is 0.124 e. The number of benzene rings is 3. The number of aliphatic hydroxyl groups is 1. The molecule has 4 rings (SSSR count). The predicted octanol–water partition coefficient (Wildman–Crippen LogP) is 5.37. The second-order valence-corrected chi connectivity index (χ2v) is 7.74. The number of nitrogens with zero attached hydrogens (tertiary/aromatic N) is 1. The Balaban J connectivity index is 1.51.